The van der Waals surface area contributed by atoms with E-state index in [9.17, 15) is 4.79 Å². The van der Waals surface area contributed by atoms with Crippen molar-refractivity contribution in [2.75, 3.05) is 12.0 Å². The first-order valence-electron chi connectivity index (χ1n) is 9.43. The first kappa shape index (κ1) is 18.3. The summed E-state index contributed by atoms with van der Waals surface area (Å²) in [6.07, 6.45) is 1.79. The van der Waals surface area contributed by atoms with Crippen molar-refractivity contribution < 1.29 is 9.53 Å². The highest BCUT2D eigenvalue weighted by Gasteiger charge is 2.34. The van der Waals surface area contributed by atoms with Crippen LogP contribution in [0.4, 0.5) is 5.13 Å². The molecule has 1 aliphatic rings. The molecule has 2 heterocycles. The number of ether oxygens (including phenoxy) is 1. The fraction of sp³-hybridized carbons (Fsp3) is 0.0417. The summed E-state index contributed by atoms with van der Waals surface area (Å²) in [6.45, 7) is 0. The summed E-state index contributed by atoms with van der Waals surface area (Å²) in [5.41, 5.74) is 2.98. The van der Waals surface area contributed by atoms with E-state index in [4.69, 9.17) is 9.73 Å². The van der Waals surface area contributed by atoms with Crippen molar-refractivity contribution in [2.24, 2.45) is 4.99 Å². The van der Waals surface area contributed by atoms with Crippen LogP contribution in [0.5, 0.6) is 5.75 Å². The molecule has 30 heavy (non-hydrogen) atoms. The highest BCUT2D eigenvalue weighted by atomic mass is 32.1. The SMILES string of the molecule is COc1ccc(/C=C2\N=C(c3ccccc3)N(c3nc4ccccc4s3)C2=O)cc1. The van der Waals surface area contributed by atoms with Crippen LogP contribution in [-0.4, -0.2) is 23.8 Å². The lowest BCUT2D eigenvalue weighted by atomic mass is 10.2. The zero-order valence-corrected chi connectivity index (χ0v) is 17.0. The minimum atomic E-state index is -0.191. The fourth-order valence-corrected chi connectivity index (χ4v) is 4.25. The molecule has 6 heteroatoms. The van der Waals surface area contributed by atoms with Crippen molar-refractivity contribution in [3.05, 3.63) is 95.7 Å². The smallest absolute Gasteiger partial charge is 0.284 e. The van der Waals surface area contributed by atoms with E-state index < -0.39 is 0 Å². The predicted molar refractivity (Wildman–Crippen MR) is 121 cm³/mol. The lowest BCUT2D eigenvalue weighted by molar-refractivity contribution is -0.113. The molecule has 1 aliphatic heterocycles. The van der Waals surface area contributed by atoms with Crippen LogP contribution in [0.15, 0.2) is 89.6 Å². The molecule has 0 saturated carbocycles. The summed E-state index contributed by atoms with van der Waals surface area (Å²) in [5, 5.41) is 0.613. The number of hydrogen-bond donors (Lipinski definition) is 0. The van der Waals surface area contributed by atoms with Crippen LogP contribution in [0.25, 0.3) is 16.3 Å². The molecular weight excluding hydrogens is 394 g/mol. The molecule has 5 nitrogen and oxygen atoms in total. The Morgan fingerprint density at radius 2 is 1.67 bits per heavy atom. The third-order valence-corrected chi connectivity index (χ3v) is 5.81. The molecule has 4 aromatic rings. The van der Waals surface area contributed by atoms with E-state index in [0.717, 1.165) is 27.1 Å². The number of hydrogen-bond acceptors (Lipinski definition) is 5. The summed E-state index contributed by atoms with van der Waals surface area (Å²) in [6, 6.07) is 25.1. The molecule has 3 aromatic carbocycles. The number of thiazole rings is 1. The normalized spacial score (nSPS) is 15.1. The van der Waals surface area contributed by atoms with Crippen molar-refractivity contribution in [3.63, 3.8) is 0 Å². The number of rotatable bonds is 4. The van der Waals surface area contributed by atoms with Gasteiger partial charge in [-0.25, -0.2) is 14.9 Å². The second-order valence-electron chi connectivity index (χ2n) is 6.71. The number of amides is 1. The Morgan fingerprint density at radius 1 is 0.933 bits per heavy atom. The molecule has 1 aromatic heterocycles. The first-order valence-corrected chi connectivity index (χ1v) is 10.2. The number of methoxy groups -OCH3 is 1. The average Bonchev–Trinajstić information content (AvgIpc) is 3.36. The van der Waals surface area contributed by atoms with Gasteiger partial charge in [0.1, 0.15) is 17.3 Å². The number of benzene rings is 3. The van der Waals surface area contributed by atoms with E-state index in [-0.39, 0.29) is 5.91 Å². The van der Waals surface area contributed by atoms with Gasteiger partial charge < -0.3 is 4.74 Å². The van der Waals surface area contributed by atoms with Gasteiger partial charge in [-0.3, -0.25) is 4.79 Å². The Bertz CT molecular complexity index is 1260. The molecule has 1 amide bonds. The topological polar surface area (TPSA) is 54.8 Å². The Hall–Kier alpha value is -3.77. The molecule has 0 saturated heterocycles. The van der Waals surface area contributed by atoms with Crippen LogP contribution >= 0.6 is 11.3 Å². The standard InChI is InChI=1S/C24H17N3O2S/c1-29-18-13-11-16(12-14-18)15-20-23(28)27(22(25-20)17-7-3-2-4-8-17)24-26-19-9-5-6-10-21(19)30-24/h2-15H,1H3/b20-15-. The molecule has 0 bridgehead atoms. The number of nitrogens with zero attached hydrogens (tertiary/aromatic N) is 3. The molecule has 146 valence electrons. The molecule has 0 N–H and O–H groups in total. The number of amidine groups is 1. The molecule has 0 unspecified atom stereocenters. The summed E-state index contributed by atoms with van der Waals surface area (Å²) in [4.78, 5) is 24.4. The quantitative estimate of drug-likeness (QED) is 0.437. The highest BCUT2D eigenvalue weighted by molar-refractivity contribution is 7.22. The number of fused-ring (bicyclic) bond motifs is 1. The zero-order valence-electron chi connectivity index (χ0n) is 16.1. The lowest BCUT2D eigenvalue weighted by Crippen LogP contribution is -2.32. The largest absolute Gasteiger partial charge is 0.497 e. The molecule has 0 aliphatic carbocycles. The monoisotopic (exact) mass is 411 g/mol. The molecule has 5 rings (SSSR count). The van der Waals surface area contributed by atoms with Crippen LogP contribution in [-0.2, 0) is 4.79 Å². The molecule has 0 radical (unpaired) electrons. The summed E-state index contributed by atoms with van der Waals surface area (Å²) in [7, 11) is 1.63. The van der Waals surface area contributed by atoms with Crippen molar-refractivity contribution >= 4 is 44.5 Å². The minimum Gasteiger partial charge on any atom is -0.497 e. The summed E-state index contributed by atoms with van der Waals surface area (Å²) in [5.74, 6) is 1.16. The third kappa shape index (κ3) is 3.27. The van der Waals surface area contributed by atoms with Gasteiger partial charge in [0.25, 0.3) is 5.91 Å². The molecule has 0 atom stereocenters. The highest BCUT2D eigenvalue weighted by Crippen LogP contribution is 2.34. The fourth-order valence-electron chi connectivity index (χ4n) is 3.29. The summed E-state index contributed by atoms with van der Waals surface area (Å²) < 4.78 is 6.24. The van der Waals surface area contributed by atoms with Crippen LogP contribution in [0, 0.1) is 0 Å². The Kier molecular flexibility index (Phi) is 4.61. The minimum absolute atomic E-state index is 0.191. The van der Waals surface area contributed by atoms with E-state index in [1.165, 1.54) is 11.3 Å². The second kappa shape index (κ2) is 7.57. The number of aliphatic imine (C=N–C) groups is 1. The van der Waals surface area contributed by atoms with E-state index in [0.29, 0.717) is 16.7 Å². The van der Waals surface area contributed by atoms with Gasteiger partial charge in [0.15, 0.2) is 5.13 Å². The van der Waals surface area contributed by atoms with Gasteiger partial charge in [0.05, 0.1) is 17.3 Å². The van der Waals surface area contributed by atoms with Gasteiger partial charge in [-0.05, 0) is 35.9 Å². The van der Waals surface area contributed by atoms with Gasteiger partial charge in [0.2, 0.25) is 0 Å². The average molecular weight is 411 g/mol. The molecular formula is C24H17N3O2S. The number of anilines is 1. The zero-order chi connectivity index (χ0) is 20.5. The predicted octanol–water partition coefficient (Wildman–Crippen LogP) is 5.14. The van der Waals surface area contributed by atoms with Gasteiger partial charge >= 0.3 is 0 Å². The lowest BCUT2D eigenvalue weighted by Gasteiger charge is -2.14. The van der Waals surface area contributed by atoms with Crippen molar-refractivity contribution in [1.82, 2.24) is 4.98 Å². The Labute approximate surface area is 177 Å². The number of carbonyl (C=O) groups excluding carboxylic acids is 1. The number of para-hydroxylation sites is 1. The van der Waals surface area contributed by atoms with Crippen molar-refractivity contribution in [1.29, 1.82) is 0 Å². The van der Waals surface area contributed by atoms with Crippen LogP contribution < -0.4 is 9.64 Å². The van der Waals surface area contributed by atoms with Gasteiger partial charge in [0, 0.05) is 5.56 Å². The maximum atomic E-state index is 13.4. The van der Waals surface area contributed by atoms with Crippen LogP contribution in [0.1, 0.15) is 11.1 Å². The van der Waals surface area contributed by atoms with Gasteiger partial charge in [-0.1, -0.05) is 65.9 Å². The van der Waals surface area contributed by atoms with E-state index in [2.05, 4.69) is 4.98 Å². The maximum Gasteiger partial charge on any atom is 0.284 e. The first-order chi connectivity index (χ1) is 14.7. The van der Waals surface area contributed by atoms with E-state index in [1.807, 2.05) is 78.9 Å². The van der Waals surface area contributed by atoms with Gasteiger partial charge in [-0.2, -0.15) is 0 Å². The Balaban J connectivity index is 1.61. The number of aromatic nitrogens is 1. The second-order valence-corrected chi connectivity index (χ2v) is 7.72. The van der Waals surface area contributed by atoms with Crippen LogP contribution in [0.2, 0.25) is 0 Å². The number of carbonyl (C=O) groups is 1. The molecule has 0 spiro atoms. The van der Waals surface area contributed by atoms with Crippen LogP contribution in [0.3, 0.4) is 0 Å². The van der Waals surface area contributed by atoms with Gasteiger partial charge in [-0.15, -0.1) is 0 Å². The van der Waals surface area contributed by atoms with E-state index >= 15 is 0 Å². The third-order valence-electron chi connectivity index (χ3n) is 4.79. The molecule has 0 fully saturated rings. The summed E-state index contributed by atoms with van der Waals surface area (Å²) >= 11 is 1.48. The Morgan fingerprint density at radius 3 is 2.40 bits per heavy atom. The maximum absolute atomic E-state index is 13.4. The van der Waals surface area contributed by atoms with Crippen molar-refractivity contribution in [3.8, 4) is 5.75 Å². The van der Waals surface area contributed by atoms with E-state index in [1.54, 1.807) is 18.1 Å². The van der Waals surface area contributed by atoms with Crippen molar-refractivity contribution in [2.45, 2.75) is 0 Å².